The van der Waals surface area contributed by atoms with Crippen LogP contribution in [-0.4, -0.2) is 17.5 Å². The Kier molecular flexibility index (Phi) is 3.29. The van der Waals surface area contributed by atoms with E-state index < -0.39 is 6.29 Å². The minimum absolute atomic E-state index is 0.213. The molecule has 2 atom stereocenters. The Morgan fingerprint density at radius 2 is 2.33 bits per heavy atom. The molecular formula is C10H18O2. The molecular weight excluding hydrogens is 152 g/mol. The van der Waals surface area contributed by atoms with E-state index in [4.69, 9.17) is 4.74 Å². The lowest BCUT2D eigenvalue weighted by atomic mass is 9.98. The summed E-state index contributed by atoms with van der Waals surface area (Å²) in [6.07, 6.45) is 3.31. The van der Waals surface area contributed by atoms with E-state index in [1.54, 1.807) is 6.08 Å². The molecule has 0 radical (unpaired) electrons. The lowest BCUT2D eigenvalue weighted by molar-refractivity contribution is -0.118. The Labute approximate surface area is 74.2 Å². The normalized spacial score (nSPS) is 30.6. The third-order valence-electron chi connectivity index (χ3n) is 2.04. The zero-order valence-electron chi connectivity index (χ0n) is 8.08. The second-order valence-corrected chi connectivity index (χ2v) is 4.00. The fourth-order valence-electron chi connectivity index (χ4n) is 1.62. The number of aliphatic hydroxyl groups excluding tert-OH is 1. The van der Waals surface area contributed by atoms with E-state index >= 15 is 0 Å². The standard InChI is InChI=1S/C10H18O2/c1-7(2)4-9-5-8(3)6-10(11)12-9/h6-7,9-11H,4-5H2,1-3H3. The van der Waals surface area contributed by atoms with Crippen LogP contribution in [0.25, 0.3) is 0 Å². The van der Waals surface area contributed by atoms with Crippen LogP contribution in [-0.2, 0) is 4.74 Å². The summed E-state index contributed by atoms with van der Waals surface area (Å²) in [4.78, 5) is 0. The first-order valence-electron chi connectivity index (χ1n) is 4.58. The van der Waals surface area contributed by atoms with Gasteiger partial charge in [-0.25, -0.2) is 0 Å². The smallest absolute Gasteiger partial charge is 0.174 e. The molecule has 1 rings (SSSR count). The summed E-state index contributed by atoms with van der Waals surface area (Å²) < 4.78 is 5.35. The second-order valence-electron chi connectivity index (χ2n) is 4.00. The van der Waals surface area contributed by atoms with Crippen LogP contribution in [0, 0.1) is 5.92 Å². The molecule has 0 saturated carbocycles. The van der Waals surface area contributed by atoms with E-state index in [-0.39, 0.29) is 6.10 Å². The Morgan fingerprint density at radius 1 is 1.67 bits per heavy atom. The number of aliphatic hydroxyl groups is 1. The minimum atomic E-state index is -0.678. The van der Waals surface area contributed by atoms with Gasteiger partial charge in [0, 0.05) is 0 Å². The lowest BCUT2D eigenvalue weighted by Crippen LogP contribution is -2.26. The first-order valence-corrected chi connectivity index (χ1v) is 4.58. The SMILES string of the molecule is CC1=CC(O)OC(CC(C)C)C1. The Bertz CT molecular complexity index is 173. The van der Waals surface area contributed by atoms with E-state index in [0.717, 1.165) is 12.8 Å². The molecule has 0 aromatic carbocycles. The van der Waals surface area contributed by atoms with Crippen molar-refractivity contribution < 1.29 is 9.84 Å². The van der Waals surface area contributed by atoms with Crippen LogP contribution in [0.4, 0.5) is 0 Å². The van der Waals surface area contributed by atoms with E-state index in [1.165, 1.54) is 5.57 Å². The van der Waals surface area contributed by atoms with Gasteiger partial charge in [-0.1, -0.05) is 19.4 Å². The van der Waals surface area contributed by atoms with Crippen LogP contribution < -0.4 is 0 Å². The third-order valence-corrected chi connectivity index (χ3v) is 2.04. The summed E-state index contributed by atoms with van der Waals surface area (Å²) in [5.74, 6) is 0.632. The molecule has 0 spiro atoms. The number of hydrogen-bond donors (Lipinski definition) is 1. The topological polar surface area (TPSA) is 29.5 Å². The van der Waals surface area contributed by atoms with Crippen LogP contribution in [0.5, 0.6) is 0 Å². The van der Waals surface area contributed by atoms with Gasteiger partial charge in [0.2, 0.25) is 0 Å². The lowest BCUT2D eigenvalue weighted by Gasteiger charge is -2.26. The number of ether oxygens (including phenoxy) is 1. The zero-order chi connectivity index (χ0) is 9.14. The predicted molar refractivity (Wildman–Crippen MR) is 48.7 cm³/mol. The van der Waals surface area contributed by atoms with E-state index in [9.17, 15) is 5.11 Å². The fraction of sp³-hybridized carbons (Fsp3) is 0.800. The van der Waals surface area contributed by atoms with Gasteiger partial charge in [-0.2, -0.15) is 0 Å². The van der Waals surface area contributed by atoms with Gasteiger partial charge in [0.15, 0.2) is 6.29 Å². The molecule has 0 aromatic heterocycles. The summed E-state index contributed by atoms with van der Waals surface area (Å²) in [7, 11) is 0. The van der Waals surface area contributed by atoms with Crippen molar-refractivity contribution >= 4 is 0 Å². The molecule has 2 unspecified atom stereocenters. The molecule has 1 aliphatic heterocycles. The molecule has 12 heavy (non-hydrogen) atoms. The maximum atomic E-state index is 9.26. The van der Waals surface area contributed by atoms with Crippen LogP contribution >= 0.6 is 0 Å². The molecule has 0 aliphatic carbocycles. The van der Waals surface area contributed by atoms with E-state index in [2.05, 4.69) is 13.8 Å². The van der Waals surface area contributed by atoms with Crippen LogP contribution in [0.3, 0.4) is 0 Å². The molecule has 1 heterocycles. The summed E-state index contributed by atoms with van der Waals surface area (Å²) >= 11 is 0. The van der Waals surface area contributed by atoms with Crippen molar-refractivity contribution in [2.75, 3.05) is 0 Å². The Morgan fingerprint density at radius 3 is 2.83 bits per heavy atom. The molecule has 1 N–H and O–H groups in total. The van der Waals surface area contributed by atoms with Gasteiger partial charge in [-0.05, 0) is 31.8 Å². The van der Waals surface area contributed by atoms with E-state index in [1.807, 2.05) is 6.92 Å². The molecule has 2 nitrogen and oxygen atoms in total. The highest BCUT2D eigenvalue weighted by Gasteiger charge is 2.19. The van der Waals surface area contributed by atoms with Gasteiger partial charge in [0.25, 0.3) is 0 Å². The Hall–Kier alpha value is -0.340. The van der Waals surface area contributed by atoms with Gasteiger partial charge < -0.3 is 9.84 Å². The molecule has 0 bridgehead atoms. The maximum Gasteiger partial charge on any atom is 0.174 e. The zero-order valence-corrected chi connectivity index (χ0v) is 8.08. The third kappa shape index (κ3) is 2.95. The average Bonchev–Trinajstić information content (AvgIpc) is 1.81. The maximum absolute atomic E-state index is 9.26. The monoisotopic (exact) mass is 170 g/mol. The average molecular weight is 170 g/mol. The van der Waals surface area contributed by atoms with Gasteiger partial charge in [-0.3, -0.25) is 0 Å². The highest BCUT2D eigenvalue weighted by molar-refractivity contribution is 5.04. The predicted octanol–water partition coefficient (Wildman–Crippen LogP) is 2.09. The van der Waals surface area contributed by atoms with Crippen molar-refractivity contribution in [2.24, 2.45) is 5.92 Å². The first-order chi connectivity index (χ1) is 5.58. The Balaban J connectivity index is 2.44. The summed E-state index contributed by atoms with van der Waals surface area (Å²) in [6, 6.07) is 0. The van der Waals surface area contributed by atoms with Crippen LogP contribution in [0.2, 0.25) is 0 Å². The molecule has 0 aromatic rings. The molecule has 1 aliphatic rings. The minimum Gasteiger partial charge on any atom is -0.365 e. The van der Waals surface area contributed by atoms with Gasteiger partial charge in [-0.15, -0.1) is 0 Å². The summed E-state index contributed by atoms with van der Waals surface area (Å²) in [5.41, 5.74) is 1.24. The van der Waals surface area contributed by atoms with Crippen molar-refractivity contribution in [3.8, 4) is 0 Å². The van der Waals surface area contributed by atoms with Gasteiger partial charge in [0.05, 0.1) is 6.10 Å². The molecule has 0 amide bonds. The quantitative estimate of drug-likeness (QED) is 0.643. The van der Waals surface area contributed by atoms with Gasteiger partial charge in [0.1, 0.15) is 0 Å². The highest BCUT2D eigenvalue weighted by Crippen LogP contribution is 2.22. The van der Waals surface area contributed by atoms with Crippen molar-refractivity contribution in [1.82, 2.24) is 0 Å². The van der Waals surface area contributed by atoms with Crippen LogP contribution in [0.15, 0.2) is 11.6 Å². The van der Waals surface area contributed by atoms with Crippen molar-refractivity contribution in [3.63, 3.8) is 0 Å². The number of hydrogen-bond acceptors (Lipinski definition) is 2. The largest absolute Gasteiger partial charge is 0.365 e. The first kappa shape index (κ1) is 9.75. The molecule has 70 valence electrons. The van der Waals surface area contributed by atoms with Crippen molar-refractivity contribution in [3.05, 3.63) is 11.6 Å². The summed E-state index contributed by atoms with van der Waals surface area (Å²) in [6.45, 7) is 6.38. The van der Waals surface area contributed by atoms with Gasteiger partial charge >= 0.3 is 0 Å². The highest BCUT2D eigenvalue weighted by atomic mass is 16.6. The van der Waals surface area contributed by atoms with Crippen LogP contribution in [0.1, 0.15) is 33.6 Å². The van der Waals surface area contributed by atoms with Crippen molar-refractivity contribution in [1.29, 1.82) is 0 Å². The number of rotatable bonds is 2. The second kappa shape index (κ2) is 4.06. The molecule has 0 saturated heterocycles. The fourth-order valence-corrected chi connectivity index (χ4v) is 1.62. The molecule has 2 heteroatoms. The van der Waals surface area contributed by atoms with Crippen molar-refractivity contribution in [2.45, 2.75) is 46.0 Å². The van der Waals surface area contributed by atoms with E-state index in [0.29, 0.717) is 5.92 Å². The molecule has 0 fully saturated rings. The summed E-state index contributed by atoms with van der Waals surface area (Å²) in [5, 5.41) is 9.26.